The molecule has 2 heteroatoms. The summed E-state index contributed by atoms with van der Waals surface area (Å²) in [7, 11) is 0. The average Bonchev–Trinajstić information content (AvgIpc) is 2.40. The Morgan fingerprint density at radius 3 is 2.58 bits per heavy atom. The van der Waals surface area contributed by atoms with Gasteiger partial charge in [-0.1, -0.05) is 57.2 Å². The average molecular weight is 259 g/mol. The van der Waals surface area contributed by atoms with Crippen LogP contribution in [0.1, 0.15) is 51.9 Å². The summed E-state index contributed by atoms with van der Waals surface area (Å²) >= 11 is 0. The van der Waals surface area contributed by atoms with Crippen LogP contribution in [0.4, 0.5) is 5.69 Å². The first-order valence-electron chi connectivity index (χ1n) is 7.59. The topological polar surface area (TPSA) is 29.1 Å². The van der Waals surface area contributed by atoms with Crippen molar-refractivity contribution in [2.45, 2.75) is 51.9 Å². The molecule has 0 heterocycles. The normalized spacial score (nSPS) is 17.9. The summed E-state index contributed by atoms with van der Waals surface area (Å²) in [6.07, 6.45) is 8.75. The molecule has 19 heavy (non-hydrogen) atoms. The fourth-order valence-corrected chi connectivity index (χ4v) is 3.13. The minimum absolute atomic E-state index is 0.148. The van der Waals surface area contributed by atoms with Crippen LogP contribution in [-0.4, -0.2) is 5.91 Å². The van der Waals surface area contributed by atoms with Gasteiger partial charge in [0.05, 0.1) is 0 Å². The molecule has 1 aliphatic carbocycles. The summed E-state index contributed by atoms with van der Waals surface area (Å²) in [6.45, 7) is 2.21. The van der Waals surface area contributed by atoms with Crippen LogP contribution in [0.3, 0.4) is 0 Å². The number of para-hydroxylation sites is 1. The Morgan fingerprint density at radius 2 is 1.89 bits per heavy atom. The van der Waals surface area contributed by atoms with E-state index < -0.39 is 0 Å². The highest BCUT2D eigenvalue weighted by Crippen LogP contribution is 2.30. The summed E-state index contributed by atoms with van der Waals surface area (Å²) in [5, 5.41) is 2.97. The van der Waals surface area contributed by atoms with Gasteiger partial charge in [-0.25, -0.2) is 0 Å². The molecule has 0 spiro atoms. The fourth-order valence-electron chi connectivity index (χ4n) is 3.13. The van der Waals surface area contributed by atoms with Gasteiger partial charge >= 0.3 is 0 Å². The lowest BCUT2D eigenvalue weighted by molar-refractivity contribution is -0.117. The predicted molar refractivity (Wildman–Crippen MR) is 80.0 cm³/mol. The Hall–Kier alpha value is -1.31. The Morgan fingerprint density at radius 1 is 1.21 bits per heavy atom. The minimum atomic E-state index is 0.148. The summed E-state index contributed by atoms with van der Waals surface area (Å²) in [6, 6.07) is 9.72. The number of carbonyl (C=O) groups is 1. The number of carbonyl (C=O) groups excluding carboxylic acids is 1. The molecule has 2 nitrogen and oxygen atoms in total. The Bertz CT molecular complexity index is 382. The first-order chi connectivity index (χ1) is 9.24. The summed E-state index contributed by atoms with van der Waals surface area (Å²) in [4.78, 5) is 12.0. The number of anilines is 1. The maximum absolute atomic E-state index is 12.0. The van der Waals surface area contributed by atoms with Crippen LogP contribution in [0.5, 0.6) is 0 Å². The molecule has 0 bridgehead atoms. The molecule has 1 saturated carbocycles. The van der Waals surface area contributed by atoms with Crippen LogP contribution >= 0.6 is 0 Å². The molecule has 0 aliphatic heterocycles. The summed E-state index contributed by atoms with van der Waals surface area (Å²) in [5.41, 5.74) is 0.900. The van der Waals surface area contributed by atoms with Gasteiger partial charge < -0.3 is 5.32 Å². The van der Waals surface area contributed by atoms with E-state index in [1.54, 1.807) is 0 Å². The van der Waals surface area contributed by atoms with Crippen LogP contribution < -0.4 is 5.32 Å². The van der Waals surface area contributed by atoms with Crippen LogP contribution in [0.2, 0.25) is 0 Å². The first kappa shape index (κ1) is 14.1. The van der Waals surface area contributed by atoms with Crippen LogP contribution in [0.15, 0.2) is 30.3 Å². The third kappa shape index (κ3) is 5.06. The Kier molecular flexibility index (Phi) is 5.44. The molecule has 1 atom stereocenters. The van der Waals surface area contributed by atoms with Crippen molar-refractivity contribution in [3.05, 3.63) is 30.3 Å². The Balaban J connectivity index is 1.72. The maximum Gasteiger partial charge on any atom is 0.224 e. The molecule has 1 unspecified atom stereocenters. The second-order valence-corrected chi connectivity index (χ2v) is 5.96. The van der Waals surface area contributed by atoms with Crippen molar-refractivity contribution >= 4 is 11.6 Å². The zero-order valence-corrected chi connectivity index (χ0v) is 11.9. The minimum Gasteiger partial charge on any atom is -0.326 e. The van der Waals surface area contributed by atoms with Gasteiger partial charge in [-0.2, -0.15) is 0 Å². The standard InChI is InChI=1S/C17H25NO/c1-14(12-15-8-4-2-5-9-15)13-17(19)18-16-10-6-3-7-11-16/h3,6-7,10-11,14-15H,2,4-5,8-9,12-13H2,1H3,(H,18,19). The zero-order valence-electron chi connectivity index (χ0n) is 11.9. The first-order valence-corrected chi connectivity index (χ1v) is 7.59. The lowest BCUT2D eigenvalue weighted by Gasteiger charge is -2.24. The SMILES string of the molecule is CC(CC(=O)Nc1ccccc1)CC1CCCCC1. The molecule has 1 N–H and O–H groups in total. The van der Waals surface area contributed by atoms with E-state index in [1.165, 1.54) is 38.5 Å². The van der Waals surface area contributed by atoms with Gasteiger partial charge in [-0.05, 0) is 30.4 Å². The molecule has 1 aliphatic rings. The van der Waals surface area contributed by atoms with Crippen LogP contribution in [-0.2, 0) is 4.79 Å². The smallest absolute Gasteiger partial charge is 0.224 e. The molecular weight excluding hydrogens is 234 g/mol. The molecule has 1 aromatic carbocycles. The van der Waals surface area contributed by atoms with Crippen molar-refractivity contribution in [1.29, 1.82) is 0 Å². The molecule has 0 aromatic heterocycles. The highest BCUT2D eigenvalue weighted by molar-refractivity contribution is 5.90. The summed E-state index contributed by atoms with van der Waals surface area (Å²) < 4.78 is 0. The van der Waals surface area contributed by atoms with E-state index in [1.807, 2.05) is 30.3 Å². The quantitative estimate of drug-likeness (QED) is 0.821. The number of hydrogen-bond acceptors (Lipinski definition) is 1. The molecule has 0 saturated heterocycles. The predicted octanol–water partition coefficient (Wildman–Crippen LogP) is 4.62. The lowest BCUT2D eigenvalue weighted by Crippen LogP contribution is -2.18. The largest absolute Gasteiger partial charge is 0.326 e. The molecular formula is C17H25NO. The van der Waals surface area contributed by atoms with Crippen LogP contribution in [0.25, 0.3) is 0 Å². The molecule has 104 valence electrons. The van der Waals surface area contributed by atoms with Gasteiger partial charge in [-0.15, -0.1) is 0 Å². The monoisotopic (exact) mass is 259 g/mol. The van der Waals surface area contributed by atoms with Crippen molar-refractivity contribution in [2.24, 2.45) is 11.8 Å². The van der Waals surface area contributed by atoms with Crippen molar-refractivity contribution in [1.82, 2.24) is 0 Å². The number of hydrogen-bond donors (Lipinski definition) is 1. The highest BCUT2D eigenvalue weighted by atomic mass is 16.1. The second kappa shape index (κ2) is 7.32. The molecule has 2 rings (SSSR count). The maximum atomic E-state index is 12.0. The van der Waals surface area contributed by atoms with E-state index >= 15 is 0 Å². The Labute approximate surface area is 116 Å². The van der Waals surface area contributed by atoms with Crippen molar-refractivity contribution in [3.63, 3.8) is 0 Å². The van der Waals surface area contributed by atoms with Gasteiger partial charge in [0.1, 0.15) is 0 Å². The third-order valence-electron chi connectivity index (χ3n) is 4.05. The van der Waals surface area contributed by atoms with Gasteiger partial charge in [-0.3, -0.25) is 4.79 Å². The van der Waals surface area contributed by atoms with E-state index in [0.29, 0.717) is 12.3 Å². The molecule has 1 amide bonds. The van der Waals surface area contributed by atoms with E-state index in [0.717, 1.165) is 11.6 Å². The van der Waals surface area contributed by atoms with Crippen LogP contribution in [0, 0.1) is 11.8 Å². The van der Waals surface area contributed by atoms with Crippen molar-refractivity contribution < 1.29 is 4.79 Å². The number of rotatable bonds is 5. The van der Waals surface area contributed by atoms with E-state index in [4.69, 9.17) is 0 Å². The van der Waals surface area contributed by atoms with E-state index in [2.05, 4.69) is 12.2 Å². The number of nitrogens with one attached hydrogen (secondary N) is 1. The van der Waals surface area contributed by atoms with E-state index in [9.17, 15) is 4.79 Å². The lowest BCUT2D eigenvalue weighted by atomic mass is 9.82. The third-order valence-corrected chi connectivity index (χ3v) is 4.05. The number of amides is 1. The highest BCUT2D eigenvalue weighted by Gasteiger charge is 2.18. The van der Waals surface area contributed by atoms with Gasteiger partial charge in [0, 0.05) is 12.1 Å². The van der Waals surface area contributed by atoms with E-state index in [-0.39, 0.29) is 5.91 Å². The second-order valence-electron chi connectivity index (χ2n) is 5.96. The number of benzene rings is 1. The van der Waals surface area contributed by atoms with Crippen molar-refractivity contribution in [3.8, 4) is 0 Å². The molecule has 0 radical (unpaired) electrons. The van der Waals surface area contributed by atoms with Gasteiger partial charge in [0.15, 0.2) is 0 Å². The van der Waals surface area contributed by atoms with Crippen molar-refractivity contribution in [2.75, 3.05) is 5.32 Å². The molecule has 1 fully saturated rings. The zero-order chi connectivity index (χ0) is 13.5. The fraction of sp³-hybridized carbons (Fsp3) is 0.588. The molecule has 1 aromatic rings. The summed E-state index contributed by atoms with van der Waals surface area (Å²) in [5.74, 6) is 1.49. The van der Waals surface area contributed by atoms with Gasteiger partial charge in [0.2, 0.25) is 5.91 Å². The van der Waals surface area contributed by atoms with Gasteiger partial charge in [0.25, 0.3) is 0 Å².